The summed E-state index contributed by atoms with van der Waals surface area (Å²) in [4.78, 5) is 11.4. The van der Waals surface area contributed by atoms with Crippen LogP contribution in [0.15, 0.2) is 30.3 Å². The van der Waals surface area contributed by atoms with Gasteiger partial charge in [0.05, 0.1) is 13.2 Å². The maximum absolute atomic E-state index is 11.4. The summed E-state index contributed by atoms with van der Waals surface area (Å²) in [5, 5.41) is 3.03. The van der Waals surface area contributed by atoms with Crippen LogP contribution >= 0.6 is 0 Å². The lowest BCUT2D eigenvalue weighted by Crippen LogP contribution is -2.59. The third-order valence-corrected chi connectivity index (χ3v) is 4.18. The molecule has 1 amide bonds. The zero-order chi connectivity index (χ0) is 17.0. The number of hydrogen-bond acceptors (Lipinski definition) is 2. The fourth-order valence-corrected chi connectivity index (χ4v) is 2.58. The van der Waals surface area contributed by atoms with E-state index in [9.17, 15) is 4.79 Å². The van der Waals surface area contributed by atoms with Gasteiger partial charge < -0.3 is 10.1 Å². The average molecular weight is 319 g/mol. The fourth-order valence-electron chi connectivity index (χ4n) is 2.58. The second kappa shape index (κ2) is 11.2. The van der Waals surface area contributed by atoms with Crippen molar-refractivity contribution in [3.8, 4) is 0 Å². The van der Waals surface area contributed by atoms with Crippen LogP contribution in [0.4, 0.5) is 0 Å². The molecule has 23 heavy (non-hydrogen) atoms. The first-order valence-electron chi connectivity index (χ1n) is 9.12. The molecule has 1 N–H and O–H groups in total. The summed E-state index contributed by atoms with van der Waals surface area (Å²) in [6.45, 7) is 7.51. The van der Waals surface area contributed by atoms with E-state index in [1.54, 1.807) is 0 Å². The number of ether oxygens (including phenoxy) is 1. The van der Waals surface area contributed by atoms with E-state index in [1.807, 2.05) is 37.3 Å². The molecule has 0 spiro atoms. The molecule has 0 saturated carbocycles. The van der Waals surface area contributed by atoms with E-state index < -0.39 is 0 Å². The van der Waals surface area contributed by atoms with Gasteiger partial charge in [-0.25, -0.2) is 0 Å². The van der Waals surface area contributed by atoms with Crippen molar-refractivity contribution in [3.05, 3.63) is 35.9 Å². The van der Waals surface area contributed by atoms with Crippen molar-refractivity contribution < 1.29 is 9.53 Å². The quantitative estimate of drug-likeness (QED) is 0.699. The molecule has 0 unspecified atom stereocenters. The molecule has 1 aromatic rings. The summed E-state index contributed by atoms with van der Waals surface area (Å²) < 4.78 is 5.22. The van der Waals surface area contributed by atoms with Gasteiger partial charge in [-0.3, -0.25) is 4.79 Å². The molecular formula is C20H33NO2. The third kappa shape index (κ3) is 6.74. The van der Waals surface area contributed by atoms with Crippen molar-refractivity contribution in [2.45, 2.75) is 71.3 Å². The van der Waals surface area contributed by atoms with Crippen LogP contribution in [-0.2, 0) is 15.1 Å². The molecule has 1 saturated heterocycles. The van der Waals surface area contributed by atoms with Crippen molar-refractivity contribution >= 4 is 5.91 Å². The van der Waals surface area contributed by atoms with Crippen LogP contribution in [-0.4, -0.2) is 19.1 Å². The van der Waals surface area contributed by atoms with E-state index in [1.165, 1.54) is 38.5 Å². The van der Waals surface area contributed by atoms with E-state index in [0.717, 1.165) is 5.56 Å². The van der Waals surface area contributed by atoms with Crippen LogP contribution in [0.1, 0.15) is 71.3 Å². The monoisotopic (exact) mass is 319 g/mol. The SMILES string of the molecule is CCC(=O)NC1(c2ccccc2)COC1.CCCCCCCC. The molecule has 0 atom stereocenters. The molecule has 1 aromatic carbocycles. The highest BCUT2D eigenvalue weighted by molar-refractivity contribution is 5.76. The Bertz CT molecular complexity index is 421. The molecule has 1 aliphatic heterocycles. The third-order valence-electron chi connectivity index (χ3n) is 4.18. The van der Waals surface area contributed by atoms with E-state index in [4.69, 9.17) is 4.74 Å². The highest BCUT2D eigenvalue weighted by atomic mass is 16.5. The topological polar surface area (TPSA) is 38.3 Å². The van der Waals surface area contributed by atoms with Gasteiger partial charge in [-0.2, -0.15) is 0 Å². The van der Waals surface area contributed by atoms with Gasteiger partial charge in [0.25, 0.3) is 0 Å². The number of amides is 1. The molecular weight excluding hydrogens is 286 g/mol. The van der Waals surface area contributed by atoms with Gasteiger partial charge in [0.2, 0.25) is 5.91 Å². The summed E-state index contributed by atoms with van der Waals surface area (Å²) in [7, 11) is 0. The minimum Gasteiger partial charge on any atom is -0.376 e. The molecule has 2 rings (SSSR count). The molecule has 0 aromatic heterocycles. The van der Waals surface area contributed by atoms with E-state index in [-0.39, 0.29) is 11.4 Å². The molecule has 0 bridgehead atoms. The predicted molar refractivity (Wildman–Crippen MR) is 96.4 cm³/mol. The number of hydrogen-bond donors (Lipinski definition) is 1. The van der Waals surface area contributed by atoms with Gasteiger partial charge in [0, 0.05) is 6.42 Å². The standard InChI is InChI=1S/C12H15NO2.C8H18/c1-2-11(14)13-12(8-15-9-12)10-6-4-3-5-7-10;1-3-5-7-8-6-4-2/h3-7H,2,8-9H2,1H3,(H,13,14);3-8H2,1-2H3. The van der Waals surface area contributed by atoms with Crippen molar-refractivity contribution in [2.24, 2.45) is 0 Å². The molecule has 3 heteroatoms. The van der Waals surface area contributed by atoms with Crippen LogP contribution in [0.25, 0.3) is 0 Å². The highest BCUT2D eigenvalue weighted by Gasteiger charge is 2.41. The Kier molecular flexibility index (Phi) is 9.61. The van der Waals surface area contributed by atoms with E-state index >= 15 is 0 Å². The van der Waals surface area contributed by atoms with Gasteiger partial charge >= 0.3 is 0 Å². The van der Waals surface area contributed by atoms with E-state index in [2.05, 4.69) is 19.2 Å². The van der Waals surface area contributed by atoms with Crippen LogP contribution < -0.4 is 5.32 Å². The molecule has 130 valence electrons. The molecule has 1 heterocycles. The Labute approximate surface area is 141 Å². The Hall–Kier alpha value is -1.35. The molecule has 0 aliphatic carbocycles. The van der Waals surface area contributed by atoms with Gasteiger partial charge in [-0.15, -0.1) is 0 Å². The van der Waals surface area contributed by atoms with Crippen molar-refractivity contribution in [2.75, 3.05) is 13.2 Å². The van der Waals surface area contributed by atoms with Crippen molar-refractivity contribution in [3.63, 3.8) is 0 Å². The second-order valence-electron chi connectivity index (χ2n) is 6.26. The Morgan fingerprint density at radius 1 is 1.00 bits per heavy atom. The lowest BCUT2D eigenvalue weighted by molar-refractivity contribution is -0.133. The number of carbonyl (C=O) groups is 1. The van der Waals surface area contributed by atoms with Gasteiger partial charge in [-0.1, -0.05) is 89.6 Å². The number of unbranched alkanes of at least 4 members (excludes halogenated alkanes) is 5. The maximum Gasteiger partial charge on any atom is 0.220 e. The summed E-state index contributed by atoms with van der Waals surface area (Å²) in [6.07, 6.45) is 9.00. The normalized spacial score (nSPS) is 15.1. The largest absolute Gasteiger partial charge is 0.376 e. The predicted octanol–water partition coefficient (Wildman–Crippen LogP) is 4.81. The second-order valence-corrected chi connectivity index (χ2v) is 6.26. The van der Waals surface area contributed by atoms with Crippen LogP contribution in [0.3, 0.4) is 0 Å². The number of nitrogens with one attached hydrogen (secondary N) is 1. The Morgan fingerprint density at radius 3 is 1.96 bits per heavy atom. The van der Waals surface area contributed by atoms with Crippen LogP contribution in [0, 0.1) is 0 Å². The summed E-state index contributed by atoms with van der Waals surface area (Å²) in [6, 6.07) is 9.98. The minimum atomic E-state index is -0.283. The minimum absolute atomic E-state index is 0.0714. The van der Waals surface area contributed by atoms with Gasteiger partial charge in [0.15, 0.2) is 0 Å². The van der Waals surface area contributed by atoms with Crippen molar-refractivity contribution in [1.29, 1.82) is 0 Å². The summed E-state index contributed by atoms with van der Waals surface area (Å²) in [5.41, 5.74) is 0.840. The lowest BCUT2D eigenvalue weighted by atomic mass is 9.88. The first-order chi connectivity index (χ1) is 11.2. The first-order valence-corrected chi connectivity index (χ1v) is 9.12. The smallest absolute Gasteiger partial charge is 0.220 e. The number of rotatable bonds is 8. The van der Waals surface area contributed by atoms with Crippen LogP contribution in [0.2, 0.25) is 0 Å². The maximum atomic E-state index is 11.4. The van der Waals surface area contributed by atoms with E-state index in [0.29, 0.717) is 19.6 Å². The molecule has 0 radical (unpaired) electrons. The zero-order valence-corrected chi connectivity index (χ0v) is 15.1. The average Bonchev–Trinajstić information content (AvgIpc) is 2.56. The lowest BCUT2D eigenvalue weighted by Gasteiger charge is -2.42. The molecule has 1 fully saturated rings. The number of benzene rings is 1. The zero-order valence-electron chi connectivity index (χ0n) is 15.1. The summed E-state index contributed by atoms with van der Waals surface area (Å²) in [5.74, 6) is 0.0714. The molecule has 1 aliphatic rings. The molecule has 3 nitrogen and oxygen atoms in total. The van der Waals surface area contributed by atoms with Crippen molar-refractivity contribution in [1.82, 2.24) is 5.32 Å². The van der Waals surface area contributed by atoms with Gasteiger partial charge in [-0.05, 0) is 5.56 Å². The fraction of sp³-hybridized carbons (Fsp3) is 0.650. The highest BCUT2D eigenvalue weighted by Crippen LogP contribution is 2.29. The Morgan fingerprint density at radius 2 is 1.57 bits per heavy atom. The number of carbonyl (C=O) groups excluding carboxylic acids is 1. The first kappa shape index (κ1) is 19.7. The van der Waals surface area contributed by atoms with Crippen LogP contribution in [0.5, 0.6) is 0 Å². The Balaban J connectivity index is 0.000000284. The summed E-state index contributed by atoms with van der Waals surface area (Å²) >= 11 is 0. The van der Waals surface area contributed by atoms with Gasteiger partial charge in [0.1, 0.15) is 5.54 Å².